The number of primary amides is 1. The van der Waals surface area contributed by atoms with Crippen LogP contribution in [0.25, 0.3) is 0 Å². The van der Waals surface area contributed by atoms with E-state index in [4.69, 9.17) is 5.73 Å². The highest BCUT2D eigenvalue weighted by Gasteiger charge is 2.33. The average molecular weight is 214 g/mol. The van der Waals surface area contributed by atoms with E-state index >= 15 is 0 Å². The highest BCUT2D eigenvalue weighted by atomic mass is 16.4. The molecule has 1 heterocycles. The summed E-state index contributed by atoms with van der Waals surface area (Å²) in [5.74, 6) is -0.323. The lowest BCUT2D eigenvalue weighted by atomic mass is 10.2. The lowest BCUT2D eigenvalue weighted by Crippen LogP contribution is -2.57. The molecule has 0 spiro atoms. The molecule has 5 nitrogen and oxygen atoms in total. The summed E-state index contributed by atoms with van der Waals surface area (Å²) < 4.78 is 0.0682. The number of carbonyl (C=O) groups excluding carboxylic acids is 2. The van der Waals surface area contributed by atoms with Crippen LogP contribution in [0.1, 0.15) is 32.1 Å². The van der Waals surface area contributed by atoms with Gasteiger partial charge in [-0.3, -0.25) is 9.28 Å². The number of carboxylic acid groups (broad SMARTS) is 1. The number of nitrogens with zero attached hydrogens (tertiary/aromatic N) is 1. The number of nitrogens with two attached hydrogens (primary N) is 1. The van der Waals surface area contributed by atoms with Gasteiger partial charge in [0.1, 0.15) is 0 Å². The van der Waals surface area contributed by atoms with E-state index in [0.29, 0.717) is 32.5 Å². The van der Waals surface area contributed by atoms with E-state index in [1.165, 1.54) is 0 Å². The van der Waals surface area contributed by atoms with E-state index in [2.05, 4.69) is 0 Å². The Morgan fingerprint density at radius 2 is 1.80 bits per heavy atom. The molecule has 0 aliphatic carbocycles. The first-order chi connectivity index (χ1) is 7.07. The summed E-state index contributed by atoms with van der Waals surface area (Å²) in [5.41, 5.74) is 5.01. The second-order valence-electron chi connectivity index (χ2n) is 4.21. The lowest BCUT2D eigenvalue weighted by Gasteiger charge is -2.33. The summed E-state index contributed by atoms with van der Waals surface area (Å²) >= 11 is 0. The van der Waals surface area contributed by atoms with Crippen molar-refractivity contribution in [1.29, 1.82) is 0 Å². The minimum Gasteiger partial charge on any atom is -0.498 e. The van der Waals surface area contributed by atoms with Crippen molar-refractivity contribution in [3.8, 4) is 0 Å². The fourth-order valence-corrected chi connectivity index (χ4v) is 2.15. The second-order valence-corrected chi connectivity index (χ2v) is 4.21. The SMILES string of the molecule is NC(=O)CCCC[N+]1(C(=O)[O-])CCCC1. The summed E-state index contributed by atoms with van der Waals surface area (Å²) in [7, 11) is 0. The largest absolute Gasteiger partial charge is 0.498 e. The Kier molecular flexibility index (Phi) is 4.08. The van der Waals surface area contributed by atoms with Crippen molar-refractivity contribution in [1.82, 2.24) is 0 Å². The molecule has 86 valence electrons. The highest BCUT2D eigenvalue weighted by molar-refractivity contribution is 5.73. The van der Waals surface area contributed by atoms with Gasteiger partial charge in [0.2, 0.25) is 5.91 Å². The minimum absolute atomic E-state index is 0.0682. The molecule has 15 heavy (non-hydrogen) atoms. The molecule has 1 rings (SSSR count). The molecule has 5 heteroatoms. The van der Waals surface area contributed by atoms with Gasteiger partial charge >= 0.3 is 0 Å². The third-order valence-electron chi connectivity index (χ3n) is 3.07. The maximum atomic E-state index is 11.0. The van der Waals surface area contributed by atoms with Crippen molar-refractivity contribution in [3.05, 3.63) is 0 Å². The Labute approximate surface area is 89.4 Å². The van der Waals surface area contributed by atoms with Crippen LogP contribution in [0, 0.1) is 0 Å². The number of carbonyl (C=O) groups is 2. The number of hydrogen-bond donors (Lipinski definition) is 1. The van der Waals surface area contributed by atoms with Gasteiger partial charge in [0, 0.05) is 19.3 Å². The van der Waals surface area contributed by atoms with Crippen LogP contribution in [0.15, 0.2) is 0 Å². The first-order valence-corrected chi connectivity index (χ1v) is 5.43. The van der Waals surface area contributed by atoms with Crippen LogP contribution in [-0.4, -0.2) is 36.1 Å². The topological polar surface area (TPSA) is 83.2 Å². The molecule has 0 radical (unpaired) electrons. The monoisotopic (exact) mass is 214 g/mol. The summed E-state index contributed by atoms with van der Waals surface area (Å²) in [5, 5.41) is 11.0. The predicted molar refractivity (Wildman–Crippen MR) is 52.5 cm³/mol. The van der Waals surface area contributed by atoms with E-state index in [-0.39, 0.29) is 10.4 Å². The maximum Gasteiger partial charge on any atom is 0.257 e. The number of likely N-dealkylation sites (tertiary alicyclic amines) is 1. The number of quaternary nitrogens is 1. The van der Waals surface area contributed by atoms with Crippen molar-refractivity contribution in [2.24, 2.45) is 5.73 Å². The quantitative estimate of drug-likeness (QED) is 0.499. The van der Waals surface area contributed by atoms with Crippen LogP contribution in [0.4, 0.5) is 4.79 Å². The predicted octanol–water partition coefficient (Wildman–Crippen LogP) is -0.404. The second kappa shape index (κ2) is 5.11. The van der Waals surface area contributed by atoms with Gasteiger partial charge in [0.05, 0.1) is 19.6 Å². The Morgan fingerprint density at radius 1 is 1.20 bits per heavy atom. The molecule has 0 unspecified atom stereocenters. The Morgan fingerprint density at radius 3 is 2.27 bits per heavy atom. The van der Waals surface area contributed by atoms with Crippen molar-refractivity contribution in [2.75, 3.05) is 19.6 Å². The molecule has 0 aromatic rings. The normalized spacial score (nSPS) is 18.9. The molecule has 0 bridgehead atoms. The average Bonchev–Trinajstić information content (AvgIpc) is 2.62. The third-order valence-corrected chi connectivity index (χ3v) is 3.07. The van der Waals surface area contributed by atoms with E-state index < -0.39 is 6.09 Å². The number of rotatable bonds is 5. The Bertz CT molecular complexity index is 247. The van der Waals surface area contributed by atoms with Gasteiger partial charge in [-0.15, -0.1) is 0 Å². The molecule has 2 amide bonds. The zero-order valence-corrected chi connectivity index (χ0v) is 8.91. The summed E-state index contributed by atoms with van der Waals surface area (Å²) in [6, 6.07) is 0. The van der Waals surface area contributed by atoms with Crippen LogP contribution in [0.2, 0.25) is 0 Å². The smallest absolute Gasteiger partial charge is 0.257 e. The fourth-order valence-electron chi connectivity index (χ4n) is 2.15. The van der Waals surface area contributed by atoms with E-state index in [1.807, 2.05) is 0 Å². The van der Waals surface area contributed by atoms with Gasteiger partial charge in [-0.2, -0.15) is 0 Å². The molecular weight excluding hydrogens is 196 g/mol. The first-order valence-electron chi connectivity index (χ1n) is 5.43. The molecule has 0 aromatic carbocycles. The first kappa shape index (κ1) is 12.0. The number of unbranched alkanes of at least 4 members (excludes halogenated alkanes) is 1. The number of hydrogen-bond acceptors (Lipinski definition) is 3. The van der Waals surface area contributed by atoms with Crippen LogP contribution in [0.3, 0.4) is 0 Å². The van der Waals surface area contributed by atoms with Gasteiger partial charge < -0.3 is 15.6 Å². The minimum atomic E-state index is -0.980. The van der Waals surface area contributed by atoms with Gasteiger partial charge in [-0.05, 0) is 12.8 Å². The van der Waals surface area contributed by atoms with E-state index in [9.17, 15) is 14.7 Å². The van der Waals surface area contributed by atoms with Crippen LogP contribution < -0.4 is 10.8 Å². The molecule has 2 N–H and O–H groups in total. The summed E-state index contributed by atoms with van der Waals surface area (Å²) in [4.78, 5) is 21.5. The molecule has 0 aromatic heterocycles. The Hall–Kier alpha value is -1.10. The molecule has 0 atom stereocenters. The molecule has 1 aliphatic rings. The standard InChI is InChI=1S/C10H18N2O3/c11-9(13)5-1-2-6-12(10(14)15)7-3-4-8-12/h1-8H2,(H2-,11,13,14,15). The molecule has 1 fully saturated rings. The van der Waals surface area contributed by atoms with Crippen LogP contribution in [0.5, 0.6) is 0 Å². The van der Waals surface area contributed by atoms with Crippen LogP contribution >= 0.6 is 0 Å². The molecular formula is C10H18N2O3. The maximum absolute atomic E-state index is 11.0. The van der Waals surface area contributed by atoms with Crippen molar-refractivity contribution < 1.29 is 19.2 Å². The summed E-state index contributed by atoms with van der Waals surface area (Å²) in [6.07, 6.45) is 2.65. The van der Waals surface area contributed by atoms with Gasteiger partial charge in [0.25, 0.3) is 6.09 Å². The van der Waals surface area contributed by atoms with E-state index in [0.717, 1.165) is 19.3 Å². The van der Waals surface area contributed by atoms with Gasteiger partial charge in [-0.25, -0.2) is 0 Å². The zero-order valence-electron chi connectivity index (χ0n) is 8.91. The highest BCUT2D eigenvalue weighted by Crippen LogP contribution is 2.20. The molecule has 1 saturated heterocycles. The van der Waals surface area contributed by atoms with Crippen LogP contribution in [-0.2, 0) is 4.79 Å². The van der Waals surface area contributed by atoms with Crippen molar-refractivity contribution in [3.63, 3.8) is 0 Å². The van der Waals surface area contributed by atoms with Crippen molar-refractivity contribution >= 4 is 12.0 Å². The summed E-state index contributed by atoms with van der Waals surface area (Å²) in [6.45, 7) is 1.90. The molecule has 0 saturated carbocycles. The number of amides is 2. The van der Waals surface area contributed by atoms with Gasteiger partial charge in [-0.1, -0.05) is 0 Å². The van der Waals surface area contributed by atoms with Crippen molar-refractivity contribution in [2.45, 2.75) is 32.1 Å². The van der Waals surface area contributed by atoms with Gasteiger partial charge in [0.15, 0.2) is 0 Å². The zero-order chi connectivity index (χ0) is 11.3. The van der Waals surface area contributed by atoms with E-state index in [1.54, 1.807) is 0 Å². The Balaban J connectivity index is 2.33. The lowest BCUT2D eigenvalue weighted by molar-refractivity contribution is -0.864. The third kappa shape index (κ3) is 3.20. The fraction of sp³-hybridized carbons (Fsp3) is 0.800. The molecule has 1 aliphatic heterocycles.